The van der Waals surface area contributed by atoms with Crippen LogP contribution in [-0.4, -0.2) is 52.7 Å². The van der Waals surface area contributed by atoms with Crippen molar-refractivity contribution in [2.45, 2.75) is 0 Å². The molecule has 11 heteroatoms. The molecule has 0 atom stereocenters. The maximum Gasteiger partial charge on any atom is 0.340 e. The number of rotatable bonds is 5. The first kappa shape index (κ1) is 19.7. The van der Waals surface area contributed by atoms with Gasteiger partial charge in [0.2, 0.25) is 10.0 Å². The summed E-state index contributed by atoms with van der Waals surface area (Å²) < 4.78 is 32.8. The van der Waals surface area contributed by atoms with Crippen LogP contribution in [0.5, 0.6) is 0 Å². The summed E-state index contributed by atoms with van der Waals surface area (Å²) >= 11 is 0. The Morgan fingerprint density at radius 3 is 1.76 bits per heavy atom. The Hall–Kier alpha value is -1.29. The van der Waals surface area contributed by atoms with Gasteiger partial charge in [0.25, 0.3) is 5.91 Å². The summed E-state index contributed by atoms with van der Waals surface area (Å²) in [6.45, 7) is -0.861. The zero-order chi connectivity index (χ0) is 16.5. The van der Waals surface area contributed by atoms with Gasteiger partial charge in [-0.2, -0.15) is 4.31 Å². The van der Waals surface area contributed by atoms with Crippen molar-refractivity contribution >= 4 is 23.5 Å². The van der Waals surface area contributed by atoms with Crippen LogP contribution in [0.25, 0.3) is 0 Å². The minimum atomic E-state index is -4.60. The van der Waals surface area contributed by atoms with E-state index >= 15 is 0 Å². The molecule has 21 heavy (non-hydrogen) atoms. The third-order valence-corrected chi connectivity index (χ3v) is 4.02. The van der Waals surface area contributed by atoms with Crippen molar-refractivity contribution in [1.82, 2.24) is 9.79 Å². The molecule has 0 unspecified atom stereocenters. The average molecular weight is 340 g/mol. The second kappa shape index (κ2) is 8.88. The zero-order valence-electron chi connectivity index (χ0n) is 11.2. The van der Waals surface area contributed by atoms with Gasteiger partial charge < -0.3 is 9.79 Å². The SMILES string of the molecule is CS(=O)(=O)N(CC(=O)NO)CP(=O)(O)O.c1ccccc1. The molecular weight excluding hydrogens is 323 g/mol. The lowest BCUT2D eigenvalue weighted by Gasteiger charge is -2.18. The highest BCUT2D eigenvalue weighted by molar-refractivity contribution is 7.88. The van der Waals surface area contributed by atoms with Crippen molar-refractivity contribution in [2.75, 3.05) is 19.1 Å². The van der Waals surface area contributed by atoms with Crippen molar-refractivity contribution in [3.8, 4) is 0 Å². The number of nitrogens with zero attached hydrogens (tertiary/aromatic N) is 1. The minimum absolute atomic E-state index is 0.263. The molecule has 0 aliphatic carbocycles. The Kier molecular flexibility index (Phi) is 8.33. The van der Waals surface area contributed by atoms with Gasteiger partial charge >= 0.3 is 7.60 Å². The summed E-state index contributed by atoms with van der Waals surface area (Å²) in [5.41, 5.74) is 1.16. The molecule has 0 spiro atoms. The monoisotopic (exact) mass is 340 g/mol. The molecule has 1 aromatic rings. The van der Waals surface area contributed by atoms with Gasteiger partial charge in [-0.15, -0.1) is 0 Å². The predicted octanol–water partition coefficient (Wildman–Crippen LogP) is -0.425. The highest BCUT2D eigenvalue weighted by Crippen LogP contribution is 2.35. The Morgan fingerprint density at radius 2 is 1.52 bits per heavy atom. The van der Waals surface area contributed by atoms with E-state index in [9.17, 15) is 17.8 Å². The van der Waals surface area contributed by atoms with Crippen molar-refractivity contribution < 1.29 is 32.8 Å². The fourth-order valence-corrected chi connectivity index (χ4v) is 3.21. The Bertz CT molecular complexity index is 546. The molecule has 1 amide bonds. The zero-order valence-corrected chi connectivity index (χ0v) is 12.9. The smallest absolute Gasteiger partial charge is 0.324 e. The average Bonchev–Trinajstić information content (AvgIpc) is 2.38. The van der Waals surface area contributed by atoms with Crippen molar-refractivity contribution in [3.63, 3.8) is 0 Å². The maximum absolute atomic E-state index is 11.0. The topological polar surface area (TPSA) is 144 Å². The molecule has 4 N–H and O–H groups in total. The lowest BCUT2D eigenvalue weighted by molar-refractivity contribution is -0.129. The van der Waals surface area contributed by atoms with Crippen LogP contribution in [0, 0.1) is 0 Å². The number of benzene rings is 1. The van der Waals surface area contributed by atoms with Crippen LogP contribution < -0.4 is 5.48 Å². The van der Waals surface area contributed by atoms with E-state index < -0.39 is 36.4 Å². The predicted molar refractivity (Wildman–Crippen MR) is 74.8 cm³/mol. The second-order valence-corrected chi connectivity index (χ2v) is 7.46. The number of carbonyl (C=O) groups is 1. The number of carbonyl (C=O) groups excluding carboxylic acids is 1. The highest BCUT2D eigenvalue weighted by Gasteiger charge is 2.27. The lowest BCUT2D eigenvalue weighted by atomic mass is 10.4. The van der Waals surface area contributed by atoms with Crippen LogP contribution in [0.4, 0.5) is 0 Å². The van der Waals surface area contributed by atoms with Crippen LogP contribution in [0.1, 0.15) is 0 Å². The molecule has 0 bridgehead atoms. The summed E-state index contributed by atoms with van der Waals surface area (Å²) in [6, 6.07) is 12.0. The number of hydroxylamine groups is 1. The third-order valence-electron chi connectivity index (χ3n) is 1.92. The van der Waals surface area contributed by atoms with E-state index in [0.717, 1.165) is 5.48 Å². The molecule has 1 aromatic carbocycles. The Balaban J connectivity index is 0.000000547. The Labute approximate surface area is 122 Å². The van der Waals surface area contributed by atoms with E-state index in [4.69, 9.17) is 15.0 Å². The fourth-order valence-electron chi connectivity index (χ4n) is 1.06. The first-order valence-electron chi connectivity index (χ1n) is 5.49. The standard InChI is InChI=1S/C6H6.C4H11N2O7PS/c1-2-4-6-5-3-1;1-15(12,13)6(2-4(7)5-8)3-14(9,10)11/h1-6H;8H,2-3H2,1H3,(H,5,7)(H2,9,10,11). The summed E-state index contributed by atoms with van der Waals surface area (Å²) in [4.78, 5) is 27.7. The molecule has 0 aliphatic heterocycles. The quantitative estimate of drug-likeness (QED) is 0.323. The van der Waals surface area contributed by atoms with E-state index in [1.165, 1.54) is 0 Å². The first-order chi connectivity index (χ1) is 9.56. The van der Waals surface area contributed by atoms with Crippen LogP contribution in [-0.2, 0) is 19.4 Å². The van der Waals surface area contributed by atoms with Gasteiger partial charge in [-0.1, -0.05) is 36.4 Å². The minimum Gasteiger partial charge on any atom is -0.324 e. The van der Waals surface area contributed by atoms with Crippen LogP contribution in [0.3, 0.4) is 0 Å². The van der Waals surface area contributed by atoms with Gasteiger partial charge in [0.15, 0.2) is 0 Å². The number of sulfonamides is 1. The fraction of sp³-hybridized carbons (Fsp3) is 0.300. The molecule has 0 aliphatic rings. The summed E-state index contributed by atoms with van der Waals surface area (Å²) in [5.74, 6) is -1.09. The molecule has 1 rings (SSSR count). The summed E-state index contributed by atoms with van der Waals surface area (Å²) in [6.07, 6.45) is -0.424. The number of hydrogen-bond acceptors (Lipinski definition) is 5. The highest BCUT2D eigenvalue weighted by atomic mass is 32.2. The van der Waals surface area contributed by atoms with Gasteiger partial charge in [0.05, 0.1) is 12.8 Å². The molecule has 9 nitrogen and oxygen atoms in total. The molecule has 0 aromatic heterocycles. The van der Waals surface area contributed by atoms with E-state index in [0.29, 0.717) is 6.26 Å². The second-order valence-electron chi connectivity index (χ2n) is 3.87. The maximum atomic E-state index is 11.0. The summed E-state index contributed by atoms with van der Waals surface area (Å²) in [5, 5.41) is 8.13. The molecular formula is C10H17N2O7PS. The summed E-state index contributed by atoms with van der Waals surface area (Å²) in [7, 11) is -8.53. The molecule has 0 heterocycles. The van der Waals surface area contributed by atoms with E-state index in [-0.39, 0.29) is 4.31 Å². The van der Waals surface area contributed by atoms with E-state index in [2.05, 4.69) is 0 Å². The largest absolute Gasteiger partial charge is 0.340 e. The molecule has 120 valence electrons. The third kappa shape index (κ3) is 11.1. The Morgan fingerprint density at radius 1 is 1.14 bits per heavy atom. The van der Waals surface area contributed by atoms with Crippen LogP contribution in [0.15, 0.2) is 36.4 Å². The molecule has 0 saturated carbocycles. The van der Waals surface area contributed by atoms with Gasteiger partial charge in [0, 0.05) is 0 Å². The number of nitrogens with one attached hydrogen (secondary N) is 1. The lowest BCUT2D eigenvalue weighted by Crippen LogP contribution is -2.39. The normalized spacial score (nSPS) is 11.5. The van der Waals surface area contributed by atoms with E-state index in [1.54, 1.807) is 0 Å². The molecule has 0 saturated heterocycles. The van der Waals surface area contributed by atoms with Gasteiger partial charge in [0.1, 0.15) is 6.29 Å². The van der Waals surface area contributed by atoms with E-state index in [1.807, 2.05) is 36.4 Å². The van der Waals surface area contributed by atoms with Gasteiger partial charge in [-0.3, -0.25) is 14.6 Å². The molecule has 0 fully saturated rings. The molecule has 0 radical (unpaired) electrons. The van der Waals surface area contributed by atoms with Crippen molar-refractivity contribution in [2.24, 2.45) is 0 Å². The van der Waals surface area contributed by atoms with Crippen molar-refractivity contribution in [1.29, 1.82) is 0 Å². The van der Waals surface area contributed by atoms with Crippen molar-refractivity contribution in [3.05, 3.63) is 36.4 Å². The first-order valence-corrected chi connectivity index (χ1v) is 9.13. The van der Waals surface area contributed by atoms with Gasteiger partial charge in [-0.25, -0.2) is 13.9 Å². The number of amides is 1. The van der Waals surface area contributed by atoms with Crippen LogP contribution >= 0.6 is 7.60 Å². The van der Waals surface area contributed by atoms with Gasteiger partial charge in [-0.05, 0) is 0 Å². The van der Waals surface area contributed by atoms with Crippen LogP contribution in [0.2, 0.25) is 0 Å². The number of hydrogen-bond donors (Lipinski definition) is 4.